The van der Waals surface area contributed by atoms with Gasteiger partial charge >= 0.3 is 0 Å². The van der Waals surface area contributed by atoms with Crippen LogP contribution >= 0.6 is 11.8 Å². The minimum atomic E-state index is 0.192. The van der Waals surface area contributed by atoms with Gasteiger partial charge in [-0.05, 0) is 62.4 Å². The molecule has 4 rings (SSSR count). The highest BCUT2D eigenvalue weighted by Crippen LogP contribution is 2.27. The van der Waals surface area contributed by atoms with Gasteiger partial charge in [-0.25, -0.2) is 0 Å². The summed E-state index contributed by atoms with van der Waals surface area (Å²) in [6.45, 7) is 5.64. The highest BCUT2D eigenvalue weighted by Gasteiger charge is 2.26. The van der Waals surface area contributed by atoms with Crippen LogP contribution in [0, 0.1) is 0 Å². The van der Waals surface area contributed by atoms with E-state index in [1.807, 2.05) is 49.4 Å². The third-order valence-corrected chi connectivity index (χ3v) is 6.97. The third-order valence-electron chi connectivity index (χ3n) is 6.05. The molecule has 1 saturated heterocycles. The second-order valence-corrected chi connectivity index (χ2v) is 9.20. The van der Waals surface area contributed by atoms with Crippen molar-refractivity contribution >= 4 is 17.7 Å². The van der Waals surface area contributed by atoms with Crippen LogP contribution in [0.25, 0.3) is 5.69 Å². The molecule has 0 N–H and O–H groups in total. The van der Waals surface area contributed by atoms with Crippen LogP contribution in [0.3, 0.4) is 0 Å². The number of benzene rings is 2. The first kappa shape index (κ1) is 23.4. The summed E-state index contributed by atoms with van der Waals surface area (Å²) in [7, 11) is 0. The Hall–Kier alpha value is -2.80. The summed E-state index contributed by atoms with van der Waals surface area (Å²) >= 11 is 1.47. The molecule has 0 bridgehead atoms. The zero-order valence-electron chi connectivity index (χ0n) is 19.4. The number of ether oxygens (including phenoxy) is 1. The fourth-order valence-electron chi connectivity index (χ4n) is 4.37. The van der Waals surface area contributed by atoms with Crippen molar-refractivity contribution in [2.75, 3.05) is 18.9 Å². The van der Waals surface area contributed by atoms with Crippen LogP contribution in [0.2, 0.25) is 0 Å². The Balaban J connectivity index is 1.57. The fraction of sp³-hybridized carbons (Fsp3) is 0.423. The number of carbonyl (C=O) groups excluding carboxylic acids is 1. The van der Waals surface area contributed by atoms with Gasteiger partial charge in [-0.3, -0.25) is 9.36 Å². The number of piperidine rings is 1. The fourth-order valence-corrected chi connectivity index (χ4v) is 5.22. The Morgan fingerprint density at radius 1 is 1.06 bits per heavy atom. The highest BCUT2D eigenvalue weighted by molar-refractivity contribution is 7.99. The van der Waals surface area contributed by atoms with Crippen molar-refractivity contribution in [3.63, 3.8) is 0 Å². The molecule has 1 aromatic heterocycles. The smallest absolute Gasteiger partial charge is 0.233 e. The van der Waals surface area contributed by atoms with Gasteiger partial charge in [0.1, 0.15) is 11.6 Å². The molecule has 1 aliphatic rings. The summed E-state index contributed by atoms with van der Waals surface area (Å²) < 4.78 is 7.67. The van der Waals surface area contributed by atoms with Crippen molar-refractivity contribution in [1.29, 1.82) is 0 Å². The molecule has 7 heteroatoms. The minimum absolute atomic E-state index is 0.192. The molecule has 0 radical (unpaired) electrons. The van der Waals surface area contributed by atoms with Crippen LogP contribution in [0.5, 0.6) is 5.75 Å². The maximum Gasteiger partial charge on any atom is 0.233 e. The van der Waals surface area contributed by atoms with E-state index in [0.29, 0.717) is 24.8 Å². The first-order chi connectivity index (χ1) is 16.2. The number of carbonyl (C=O) groups is 1. The predicted molar refractivity (Wildman–Crippen MR) is 132 cm³/mol. The van der Waals surface area contributed by atoms with Gasteiger partial charge < -0.3 is 9.64 Å². The second kappa shape index (κ2) is 11.4. The number of hydrogen-bond donors (Lipinski definition) is 0. The first-order valence-corrected chi connectivity index (χ1v) is 12.8. The second-order valence-electron chi connectivity index (χ2n) is 8.26. The molecule has 174 valence electrons. The summed E-state index contributed by atoms with van der Waals surface area (Å²) in [5.41, 5.74) is 2.14. The molecule has 1 unspecified atom stereocenters. The van der Waals surface area contributed by atoms with Crippen molar-refractivity contribution in [3.05, 3.63) is 66.0 Å². The molecular formula is C26H32N4O2S. The molecule has 1 amide bonds. The monoisotopic (exact) mass is 464 g/mol. The minimum Gasteiger partial charge on any atom is -0.494 e. The van der Waals surface area contributed by atoms with Crippen molar-refractivity contribution in [1.82, 2.24) is 19.7 Å². The number of nitrogens with zero attached hydrogens (tertiary/aromatic N) is 4. The van der Waals surface area contributed by atoms with Gasteiger partial charge in [-0.2, -0.15) is 0 Å². The lowest BCUT2D eigenvalue weighted by molar-refractivity contribution is -0.132. The summed E-state index contributed by atoms with van der Waals surface area (Å²) in [6, 6.07) is 18.6. The van der Waals surface area contributed by atoms with Crippen molar-refractivity contribution < 1.29 is 9.53 Å². The summed E-state index contributed by atoms with van der Waals surface area (Å²) in [5.74, 6) is 2.25. The largest absolute Gasteiger partial charge is 0.494 e. The molecule has 6 nitrogen and oxygen atoms in total. The molecule has 2 heterocycles. The Bertz CT molecular complexity index is 1040. The van der Waals surface area contributed by atoms with Gasteiger partial charge in [-0.15, -0.1) is 10.2 Å². The maximum atomic E-state index is 13.0. The average molecular weight is 465 g/mol. The maximum absolute atomic E-state index is 13.0. The van der Waals surface area contributed by atoms with Gasteiger partial charge in [0.25, 0.3) is 0 Å². The number of thioether (sulfide) groups is 1. The van der Waals surface area contributed by atoms with Gasteiger partial charge in [0, 0.05) is 24.7 Å². The zero-order valence-corrected chi connectivity index (χ0v) is 20.3. The number of aromatic nitrogens is 3. The van der Waals surface area contributed by atoms with Crippen molar-refractivity contribution in [2.45, 2.75) is 57.1 Å². The lowest BCUT2D eigenvalue weighted by atomic mass is 10.0. The summed E-state index contributed by atoms with van der Waals surface area (Å²) in [6.07, 6.45) is 5.09. The molecule has 0 aliphatic carbocycles. The number of amides is 1. The first-order valence-electron chi connectivity index (χ1n) is 11.8. The Kier molecular flexibility index (Phi) is 8.05. The van der Waals surface area contributed by atoms with E-state index in [9.17, 15) is 4.79 Å². The van der Waals surface area contributed by atoms with Gasteiger partial charge in [0.15, 0.2) is 5.16 Å². The predicted octanol–water partition coefficient (Wildman–Crippen LogP) is 5.14. The quantitative estimate of drug-likeness (QED) is 0.410. The summed E-state index contributed by atoms with van der Waals surface area (Å²) in [5, 5.41) is 9.72. The van der Waals surface area contributed by atoms with Crippen molar-refractivity contribution in [3.8, 4) is 11.4 Å². The average Bonchev–Trinajstić information content (AvgIpc) is 3.26. The Morgan fingerprint density at radius 2 is 1.85 bits per heavy atom. The van der Waals surface area contributed by atoms with Gasteiger partial charge in [-0.1, -0.05) is 49.0 Å². The molecule has 0 saturated carbocycles. The van der Waals surface area contributed by atoms with E-state index >= 15 is 0 Å². The van der Waals surface area contributed by atoms with Crippen LogP contribution in [-0.4, -0.2) is 50.5 Å². The van der Waals surface area contributed by atoms with E-state index in [2.05, 4.69) is 38.7 Å². The lowest BCUT2D eigenvalue weighted by Crippen LogP contribution is -2.44. The van der Waals surface area contributed by atoms with E-state index in [4.69, 9.17) is 4.74 Å². The Labute approximate surface area is 200 Å². The molecule has 0 spiro atoms. The highest BCUT2D eigenvalue weighted by atomic mass is 32.2. The van der Waals surface area contributed by atoms with E-state index in [1.165, 1.54) is 23.7 Å². The van der Waals surface area contributed by atoms with Crippen LogP contribution in [0.4, 0.5) is 0 Å². The molecule has 2 aromatic carbocycles. The molecule has 1 atom stereocenters. The van der Waals surface area contributed by atoms with Crippen LogP contribution in [-0.2, 0) is 11.2 Å². The number of hydrogen-bond acceptors (Lipinski definition) is 5. The SMILES string of the molecule is CCOc1ccc(-n2c(Cc3ccccc3)nnc2SCC(=O)N2CCCCC2CC)cc1. The number of rotatable bonds is 9. The third kappa shape index (κ3) is 5.77. The zero-order chi connectivity index (χ0) is 23.0. The standard InChI is InChI=1S/C26H32N4O2S/c1-3-21-12-8-9-17-29(21)25(31)19-33-26-28-27-24(18-20-10-6-5-7-11-20)30(26)22-13-15-23(16-14-22)32-4-2/h5-7,10-11,13-16,21H,3-4,8-9,12,17-19H2,1-2H3. The topological polar surface area (TPSA) is 60.2 Å². The summed E-state index contributed by atoms with van der Waals surface area (Å²) in [4.78, 5) is 15.1. The van der Waals surface area contributed by atoms with Crippen LogP contribution in [0.1, 0.15) is 50.9 Å². The van der Waals surface area contributed by atoms with Gasteiger partial charge in [0.2, 0.25) is 5.91 Å². The lowest BCUT2D eigenvalue weighted by Gasteiger charge is -2.35. The molecular weight excluding hydrogens is 432 g/mol. The normalized spacial score (nSPS) is 16.1. The van der Waals surface area contributed by atoms with E-state index in [0.717, 1.165) is 48.2 Å². The van der Waals surface area contributed by atoms with Crippen LogP contribution < -0.4 is 4.74 Å². The van der Waals surface area contributed by atoms with Crippen molar-refractivity contribution in [2.24, 2.45) is 0 Å². The van der Waals surface area contributed by atoms with E-state index in [1.54, 1.807) is 0 Å². The van der Waals surface area contributed by atoms with E-state index in [-0.39, 0.29) is 5.91 Å². The number of likely N-dealkylation sites (tertiary alicyclic amines) is 1. The molecule has 3 aromatic rings. The molecule has 33 heavy (non-hydrogen) atoms. The Morgan fingerprint density at radius 3 is 2.58 bits per heavy atom. The van der Waals surface area contributed by atoms with Gasteiger partial charge in [0.05, 0.1) is 12.4 Å². The molecule has 1 fully saturated rings. The van der Waals surface area contributed by atoms with E-state index < -0.39 is 0 Å². The van der Waals surface area contributed by atoms with Crippen LogP contribution in [0.15, 0.2) is 59.8 Å². The molecule has 1 aliphatic heterocycles.